The highest BCUT2D eigenvalue weighted by Gasteiger charge is 2.00. The van der Waals surface area contributed by atoms with Crippen molar-refractivity contribution < 1.29 is 9.53 Å². The van der Waals surface area contributed by atoms with E-state index in [2.05, 4.69) is 10.3 Å². The van der Waals surface area contributed by atoms with E-state index < -0.39 is 0 Å². The molecule has 4 nitrogen and oxygen atoms in total. The lowest BCUT2D eigenvalue weighted by Crippen LogP contribution is -2.24. The van der Waals surface area contributed by atoms with Gasteiger partial charge < -0.3 is 10.1 Å². The summed E-state index contributed by atoms with van der Waals surface area (Å²) in [7, 11) is 1.60. The number of carbonyl (C=O) groups is 1. The van der Waals surface area contributed by atoms with Gasteiger partial charge in [-0.15, -0.1) is 11.3 Å². The van der Waals surface area contributed by atoms with Gasteiger partial charge in [-0.05, 0) is 18.2 Å². The number of para-hydroxylation sites is 1. The highest BCUT2D eigenvalue weighted by Crippen LogP contribution is 2.22. The number of amides is 1. The molecule has 0 unspecified atom stereocenters. The molecule has 5 heteroatoms. The Bertz CT molecular complexity index is 530. The van der Waals surface area contributed by atoms with E-state index in [1.165, 1.54) is 6.08 Å². The Balaban J connectivity index is 1.98. The van der Waals surface area contributed by atoms with Crippen LogP contribution in [0.5, 0.6) is 0 Å². The van der Waals surface area contributed by atoms with Gasteiger partial charge in [-0.2, -0.15) is 0 Å². The number of hydrogen-bond donors (Lipinski definition) is 1. The summed E-state index contributed by atoms with van der Waals surface area (Å²) in [6.45, 7) is 1.03. The Morgan fingerprint density at radius 3 is 3.11 bits per heavy atom. The first-order valence-electron chi connectivity index (χ1n) is 5.60. The van der Waals surface area contributed by atoms with Crippen LogP contribution in [0.4, 0.5) is 0 Å². The normalized spacial score (nSPS) is 11.2. The molecule has 0 saturated carbocycles. The molecule has 0 aliphatic carbocycles. The number of nitrogens with zero attached hydrogens (tertiary/aromatic N) is 1. The molecule has 0 spiro atoms. The number of fused-ring (bicyclic) bond motifs is 1. The largest absolute Gasteiger partial charge is 0.383 e. The summed E-state index contributed by atoms with van der Waals surface area (Å²) in [4.78, 5) is 15.8. The summed E-state index contributed by atoms with van der Waals surface area (Å²) in [5.41, 5.74) is 0.960. The second-order valence-corrected chi connectivity index (χ2v) is 4.70. The molecular weight excluding hydrogens is 248 g/mol. The molecule has 0 aliphatic rings. The fourth-order valence-corrected chi connectivity index (χ4v) is 2.31. The highest BCUT2D eigenvalue weighted by molar-refractivity contribution is 7.19. The van der Waals surface area contributed by atoms with Crippen molar-refractivity contribution in [3.8, 4) is 0 Å². The van der Waals surface area contributed by atoms with Gasteiger partial charge in [0.1, 0.15) is 5.01 Å². The summed E-state index contributed by atoms with van der Waals surface area (Å²) >= 11 is 1.56. The quantitative estimate of drug-likeness (QED) is 0.663. The molecule has 1 N–H and O–H groups in total. The van der Waals surface area contributed by atoms with Crippen molar-refractivity contribution in [3.63, 3.8) is 0 Å². The number of aromatic nitrogens is 1. The van der Waals surface area contributed by atoms with Crippen LogP contribution in [0.3, 0.4) is 0 Å². The first-order chi connectivity index (χ1) is 8.79. The average Bonchev–Trinajstić information content (AvgIpc) is 2.79. The van der Waals surface area contributed by atoms with Crippen molar-refractivity contribution in [3.05, 3.63) is 35.3 Å². The van der Waals surface area contributed by atoms with Crippen LogP contribution in [-0.2, 0) is 9.53 Å². The molecule has 18 heavy (non-hydrogen) atoms. The standard InChI is InChI=1S/C13H14N2O2S/c1-17-9-8-14-12(16)6-7-13-15-10-4-2-3-5-11(10)18-13/h2-7H,8-9H2,1H3,(H,14,16)/b7-6+. The van der Waals surface area contributed by atoms with E-state index >= 15 is 0 Å². The third-order valence-electron chi connectivity index (χ3n) is 2.29. The molecule has 0 atom stereocenters. The second kappa shape index (κ2) is 6.28. The van der Waals surface area contributed by atoms with E-state index in [1.807, 2.05) is 24.3 Å². The molecule has 0 fully saturated rings. The predicted molar refractivity (Wildman–Crippen MR) is 73.5 cm³/mol. The Labute approximate surface area is 109 Å². The van der Waals surface area contributed by atoms with Crippen LogP contribution in [0.25, 0.3) is 16.3 Å². The summed E-state index contributed by atoms with van der Waals surface area (Å²) in [5, 5.41) is 3.55. The lowest BCUT2D eigenvalue weighted by molar-refractivity contribution is -0.116. The third-order valence-corrected chi connectivity index (χ3v) is 3.29. The molecule has 2 aromatic rings. The summed E-state index contributed by atoms with van der Waals surface area (Å²) in [5.74, 6) is -0.133. The molecule has 1 heterocycles. The van der Waals surface area contributed by atoms with Crippen LogP contribution in [0.15, 0.2) is 30.3 Å². The van der Waals surface area contributed by atoms with Gasteiger partial charge in [0.05, 0.1) is 16.8 Å². The van der Waals surface area contributed by atoms with E-state index in [1.54, 1.807) is 24.5 Å². The molecule has 94 valence electrons. The zero-order valence-electron chi connectivity index (χ0n) is 10.1. The molecular formula is C13H14N2O2S. The molecule has 0 radical (unpaired) electrons. The minimum atomic E-state index is -0.133. The Morgan fingerprint density at radius 1 is 1.50 bits per heavy atom. The summed E-state index contributed by atoms with van der Waals surface area (Å²) < 4.78 is 5.97. The minimum absolute atomic E-state index is 0.133. The van der Waals surface area contributed by atoms with Crippen molar-refractivity contribution >= 4 is 33.5 Å². The third kappa shape index (κ3) is 3.38. The molecule has 2 rings (SSSR count). The molecule has 0 bridgehead atoms. The zero-order chi connectivity index (χ0) is 12.8. The van der Waals surface area contributed by atoms with Gasteiger partial charge in [0.25, 0.3) is 0 Å². The van der Waals surface area contributed by atoms with Crippen LogP contribution in [0.1, 0.15) is 5.01 Å². The maximum absolute atomic E-state index is 11.4. The SMILES string of the molecule is COCCNC(=O)/C=C/c1nc2ccccc2s1. The molecule has 1 aromatic heterocycles. The van der Waals surface area contributed by atoms with Crippen LogP contribution in [0.2, 0.25) is 0 Å². The Morgan fingerprint density at radius 2 is 2.33 bits per heavy atom. The Kier molecular flexibility index (Phi) is 4.44. The first kappa shape index (κ1) is 12.7. The number of benzene rings is 1. The van der Waals surface area contributed by atoms with Gasteiger partial charge >= 0.3 is 0 Å². The van der Waals surface area contributed by atoms with Crippen molar-refractivity contribution in [2.24, 2.45) is 0 Å². The van der Waals surface area contributed by atoms with E-state index in [4.69, 9.17) is 4.74 Å². The number of carbonyl (C=O) groups excluding carboxylic acids is 1. The highest BCUT2D eigenvalue weighted by atomic mass is 32.1. The smallest absolute Gasteiger partial charge is 0.244 e. The predicted octanol–water partition coefficient (Wildman–Crippen LogP) is 2.07. The number of ether oxygens (including phenoxy) is 1. The van der Waals surface area contributed by atoms with Gasteiger partial charge in [-0.3, -0.25) is 4.79 Å². The lowest BCUT2D eigenvalue weighted by Gasteiger charge is -1.99. The Hall–Kier alpha value is -1.72. The summed E-state index contributed by atoms with van der Waals surface area (Å²) in [6, 6.07) is 7.91. The molecule has 1 aromatic carbocycles. The van der Waals surface area contributed by atoms with Crippen molar-refractivity contribution in [2.45, 2.75) is 0 Å². The van der Waals surface area contributed by atoms with Crippen molar-refractivity contribution in [1.29, 1.82) is 0 Å². The second-order valence-electron chi connectivity index (χ2n) is 3.64. The van der Waals surface area contributed by atoms with Crippen LogP contribution in [-0.4, -0.2) is 31.2 Å². The topological polar surface area (TPSA) is 51.2 Å². The monoisotopic (exact) mass is 262 g/mol. The molecule has 0 aliphatic heterocycles. The van der Waals surface area contributed by atoms with Gasteiger partial charge in [0.2, 0.25) is 5.91 Å². The molecule has 1 amide bonds. The number of hydrogen-bond acceptors (Lipinski definition) is 4. The summed E-state index contributed by atoms with van der Waals surface area (Å²) in [6.07, 6.45) is 3.22. The van der Waals surface area contributed by atoms with Crippen LogP contribution in [0, 0.1) is 0 Å². The van der Waals surface area contributed by atoms with E-state index in [0.29, 0.717) is 13.2 Å². The number of methoxy groups -OCH3 is 1. The number of thiazole rings is 1. The minimum Gasteiger partial charge on any atom is -0.383 e. The lowest BCUT2D eigenvalue weighted by atomic mass is 10.3. The van der Waals surface area contributed by atoms with Gasteiger partial charge in [-0.25, -0.2) is 4.98 Å². The van der Waals surface area contributed by atoms with Crippen molar-refractivity contribution in [1.82, 2.24) is 10.3 Å². The maximum Gasteiger partial charge on any atom is 0.244 e. The first-order valence-corrected chi connectivity index (χ1v) is 6.41. The zero-order valence-corrected chi connectivity index (χ0v) is 10.9. The van der Waals surface area contributed by atoms with Crippen LogP contribution < -0.4 is 5.32 Å². The van der Waals surface area contributed by atoms with E-state index in [0.717, 1.165) is 15.2 Å². The van der Waals surface area contributed by atoms with E-state index in [9.17, 15) is 4.79 Å². The number of rotatable bonds is 5. The average molecular weight is 262 g/mol. The fourth-order valence-electron chi connectivity index (χ4n) is 1.44. The maximum atomic E-state index is 11.4. The van der Waals surface area contributed by atoms with Crippen LogP contribution >= 0.6 is 11.3 Å². The van der Waals surface area contributed by atoms with Gasteiger partial charge in [0.15, 0.2) is 0 Å². The number of nitrogens with one attached hydrogen (secondary N) is 1. The fraction of sp³-hybridized carbons (Fsp3) is 0.231. The molecule has 0 saturated heterocycles. The van der Waals surface area contributed by atoms with Gasteiger partial charge in [-0.1, -0.05) is 12.1 Å². The van der Waals surface area contributed by atoms with Gasteiger partial charge in [0, 0.05) is 19.7 Å². The van der Waals surface area contributed by atoms with E-state index in [-0.39, 0.29) is 5.91 Å². The van der Waals surface area contributed by atoms with Crippen molar-refractivity contribution in [2.75, 3.05) is 20.3 Å².